The van der Waals surface area contributed by atoms with Crippen molar-refractivity contribution in [2.75, 3.05) is 10.5 Å². The second-order valence-electron chi connectivity index (χ2n) is 3.95. The lowest BCUT2D eigenvalue weighted by Gasteiger charge is -2.11. The molecule has 0 unspecified atom stereocenters. The molecule has 0 atom stereocenters. The highest BCUT2D eigenvalue weighted by Gasteiger charge is 2.34. The Kier molecular flexibility index (Phi) is 3.53. The fourth-order valence-electron chi connectivity index (χ4n) is 1.52. The van der Waals surface area contributed by atoms with Gasteiger partial charge in [-0.15, -0.1) is 0 Å². The maximum atomic E-state index is 13.1. The van der Waals surface area contributed by atoms with Crippen molar-refractivity contribution in [3.63, 3.8) is 0 Å². The summed E-state index contributed by atoms with van der Waals surface area (Å²) >= 11 is 0. The number of hydrogen-bond acceptors (Lipinski definition) is 4. The Hall–Kier alpha value is -2.30. The molecule has 11 heteroatoms. The number of H-pyrrole nitrogens is 1. The summed E-state index contributed by atoms with van der Waals surface area (Å²) in [5.41, 5.74) is 3.29. The standard InChI is InChI=1S/C10H8F4N4O2S/c11-7-2-1-5(3-6(7)10(12,13)14)18-21(19,20)8-4-16-17-9(8)15/h1-4,18H,(H3,15,16,17). The number of halogens is 4. The van der Waals surface area contributed by atoms with Crippen LogP contribution >= 0.6 is 0 Å². The Morgan fingerprint density at radius 2 is 1.95 bits per heavy atom. The van der Waals surface area contributed by atoms with Gasteiger partial charge in [0, 0.05) is 5.69 Å². The molecule has 0 aliphatic carbocycles. The van der Waals surface area contributed by atoms with Crippen molar-refractivity contribution >= 4 is 21.5 Å². The molecule has 4 N–H and O–H groups in total. The molecule has 2 aromatic rings. The second-order valence-corrected chi connectivity index (χ2v) is 5.60. The lowest BCUT2D eigenvalue weighted by molar-refractivity contribution is -0.139. The van der Waals surface area contributed by atoms with Crippen molar-refractivity contribution in [3.8, 4) is 0 Å². The highest BCUT2D eigenvalue weighted by molar-refractivity contribution is 7.92. The first-order chi connectivity index (χ1) is 9.61. The highest BCUT2D eigenvalue weighted by Crippen LogP contribution is 2.33. The number of anilines is 2. The minimum Gasteiger partial charge on any atom is -0.383 e. The number of nitrogen functional groups attached to an aromatic ring is 1. The van der Waals surface area contributed by atoms with Gasteiger partial charge in [-0.05, 0) is 18.2 Å². The van der Waals surface area contributed by atoms with E-state index in [1.807, 2.05) is 4.72 Å². The Labute approximate surface area is 116 Å². The number of nitrogens with one attached hydrogen (secondary N) is 2. The van der Waals surface area contributed by atoms with Crippen LogP contribution in [0.3, 0.4) is 0 Å². The van der Waals surface area contributed by atoms with Gasteiger partial charge in [-0.2, -0.15) is 18.3 Å². The largest absolute Gasteiger partial charge is 0.419 e. The maximum absolute atomic E-state index is 13.1. The second kappa shape index (κ2) is 4.91. The third kappa shape index (κ3) is 3.07. The number of aromatic nitrogens is 2. The van der Waals surface area contributed by atoms with Gasteiger partial charge in [0.25, 0.3) is 10.0 Å². The van der Waals surface area contributed by atoms with E-state index in [1.165, 1.54) is 0 Å². The molecule has 0 saturated carbocycles. The van der Waals surface area contributed by atoms with Crippen molar-refractivity contribution in [2.45, 2.75) is 11.1 Å². The van der Waals surface area contributed by atoms with Crippen LogP contribution in [0.5, 0.6) is 0 Å². The van der Waals surface area contributed by atoms with E-state index in [9.17, 15) is 26.0 Å². The molecule has 1 aromatic carbocycles. The van der Waals surface area contributed by atoms with Gasteiger partial charge in [0.05, 0.1) is 11.8 Å². The van der Waals surface area contributed by atoms with Crippen LogP contribution in [0.2, 0.25) is 0 Å². The molecule has 0 aliphatic rings. The van der Waals surface area contributed by atoms with Crippen molar-refractivity contribution < 1.29 is 26.0 Å². The lowest BCUT2D eigenvalue weighted by atomic mass is 10.2. The monoisotopic (exact) mass is 324 g/mol. The Morgan fingerprint density at radius 1 is 1.29 bits per heavy atom. The molecule has 0 bridgehead atoms. The average molecular weight is 324 g/mol. The molecule has 114 valence electrons. The summed E-state index contributed by atoms with van der Waals surface area (Å²) in [4.78, 5) is -0.430. The van der Waals surface area contributed by atoms with Gasteiger partial charge in [0.15, 0.2) is 0 Å². The summed E-state index contributed by atoms with van der Waals surface area (Å²) in [7, 11) is -4.23. The van der Waals surface area contributed by atoms with E-state index in [4.69, 9.17) is 5.73 Å². The predicted molar refractivity (Wildman–Crippen MR) is 65.2 cm³/mol. The van der Waals surface area contributed by atoms with Gasteiger partial charge in [-0.3, -0.25) is 9.82 Å². The zero-order valence-electron chi connectivity index (χ0n) is 10.1. The number of sulfonamides is 1. The molecule has 21 heavy (non-hydrogen) atoms. The third-order valence-electron chi connectivity index (χ3n) is 2.45. The summed E-state index contributed by atoms with van der Waals surface area (Å²) in [5.74, 6) is -1.78. The number of benzene rings is 1. The maximum Gasteiger partial charge on any atom is 0.419 e. The zero-order chi connectivity index (χ0) is 15.8. The van der Waals surface area contributed by atoms with Gasteiger partial charge in [0.1, 0.15) is 16.5 Å². The molecule has 1 aromatic heterocycles. The Bertz CT molecular complexity index is 770. The van der Waals surface area contributed by atoms with Gasteiger partial charge >= 0.3 is 6.18 Å². The van der Waals surface area contributed by atoms with Gasteiger partial charge < -0.3 is 5.73 Å². The van der Waals surface area contributed by atoms with Crippen molar-refractivity contribution in [1.82, 2.24) is 10.2 Å². The van der Waals surface area contributed by atoms with Crippen molar-refractivity contribution in [2.24, 2.45) is 0 Å². The molecular weight excluding hydrogens is 316 g/mol. The van der Waals surface area contributed by atoms with E-state index < -0.39 is 38.2 Å². The fraction of sp³-hybridized carbons (Fsp3) is 0.100. The van der Waals surface area contributed by atoms with E-state index >= 15 is 0 Å². The number of nitrogens with two attached hydrogens (primary N) is 1. The topological polar surface area (TPSA) is 101 Å². The summed E-state index contributed by atoms with van der Waals surface area (Å²) in [5, 5.41) is 5.57. The summed E-state index contributed by atoms with van der Waals surface area (Å²) in [6, 6.07) is 1.72. The molecule has 0 fully saturated rings. The average Bonchev–Trinajstić information content (AvgIpc) is 2.77. The molecule has 1 heterocycles. The van der Waals surface area contributed by atoms with Gasteiger partial charge in [0.2, 0.25) is 0 Å². The van der Waals surface area contributed by atoms with E-state index in [1.54, 1.807) is 0 Å². The van der Waals surface area contributed by atoms with Crippen LogP contribution in [-0.2, 0) is 16.2 Å². The van der Waals surface area contributed by atoms with Crippen LogP contribution < -0.4 is 10.5 Å². The Balaban J connectivity index is 2.39. The third-order valence-corrected chi connectivity index (χ3v) is 3.85. The molecule has 0 amide bonds. The number of rotatable bonds is 3. The van der Waals surface area contributed by atoms with Crippen LogP contribution in [0.1, 0.15) is 5.56 Å². The fourth-order valence-corrected chi connectivity index (χ4v) is 2.59. The molecule has 2 rings (SSSR count). The number of alkyl halides is 3. The smallest absolute Gasteiger partial charge is 0.383 e. The molecular formula is C10H8F4N4O2S. The number of hydrogen-bond donors (Lipinski definition) is 3. The summed E-state index contributed by atoms with van der Waals surface area (Å²) < 4.78 is 76.4. The van der Waals surface area contributed by atoms with Crippen LogP contribution in [0.15, 0.2) is 29.3 Å². The predicted octanol–water partition coefficient (Wildman–Crippen LogP) is 1.95. The van der Waals surface area contributed by atoms with Crippen LogP contribution in [0.4, 0.5) is 29.1 Å². The number of aromatic amines is 1. The SMILES string of the molecule is Nc1[nH]ncc1S(=O)(=O)Nc1ccc(F)c(C(F)(F)F)c1. The van der Waals surface area contributed by atoms with Crippen molar-refractivity contribution in [3.05, 3.63) is 35.8 Å². The van der Waals surface area contributed by atoms with E-state index in [2.05, 4.69) is 10.2 Å². The van der Waals surface area contributed by atoms with E-state index in [0.29, 0.717) is 12.1 Å². The minimum absolute atomic E-state index is 0.277. The van der Waals surface area contributed by atoms with Gasteiger partial charge in [-0.25, -0.2) is 12.8 Å². The molecule has 6 nitrogen and oxygen atoms in total. The van der Waals surface area contributed by atoms with Crippen LogP contribution in [0, 0.1) is 5.82 Å². The first-order valence-electron chi connectivity index (χ1n) is 5.29. The van der Waals surface area contributed by atoms with Crippen molar-refractivity contribution in [1.29, 1.82) is 0 Å². The normalized spacial score (nSPS) is 12.4. The Morgan fingerprint density at radius 3 is 2.48 bits per heavy atom. The molecule has 0 radical (unpaired) electrons. The lowest BCUT2D eigenvalue weighted by Crippen LogP contribution is -2.15. The highest BCUT2D eigenvalue weighted by atomic mass is 32.2. The molecule has 0 aliphatic heterocycles. The van der Waals surface area contributed by atoms with Crippen LogP contribution in [-0.4, -0.2) is 18.6 Å². The van der Waals surface area contributed by atoms with E-state index in [-0.39, 0.29) is 5.82 Å². The summed E-state index contributed by atoms with van der Waals surface area (Å²) in [6.07, 6.45) is -4.05. The number of nitrogens with zero attached hydrogens (tertiary/aromatic N) is 1. The quantitative estimate of drug-likeness (QED) is 0.751. The minimum atomic E-state index is -4.94. The first kappa shape index (κ1) is 15.1. The van der Waals surface area contributed by atoms with E-state index in [0.717, 1.165) is 12.3 Å². The zero-order valence-corrected chi connectivity index (χ0v) is 10.9. The summed E-state index contributed by atoms with van der Waals surface area (Å²) in [6.45, 7) is 0. The van der Waals surface area contributed by atoms with Gasteiger partial charge in [-0.1, -0.05) is 0 Å². The molecule has 0 spiro atoms. The first-order valence-corrected chi connectivity index (χ1v) is 6.78. The molecule has 0 saturated heterocycles. The van der Waals surface area contributed by atoms with Crippen LogP contribution in [0.25, 0.3) is 0 Å².